The van der Waals surface area contributed by atoms with Gasteiger partial charge in [-0.3, -0.25) is 0 Å². The lowest BCUT2D eigenvalue weighted by molar-refractivity contribution is 0.145. The Bertz CT molecular complexity index is 283. The third-order valence-electron chi connectivity index (χ3n) is 2.62. The highest BCUT2D eigenvalue weighted by Gasteiger charge is 2.14. The van der Waals surface area contributed by atoms with Gasteiger partial charge < -0.3 is 9.84 Å². The normalized spacial score (nSPS) is 14.9. The molecule has 1 rings (SSSR count). The van der Waals surface area contributed by atoms with Crippen molar-refractivity contribution < 1.29 is 9.84 Å². The quantitative estimate of drug-likeness (QED) is 0.798. The van der Waals surface area contributed by atoms with E-state index in [2.05, 4.69) is 0 Å². The molecule has 0 amide bonds. The van der Waals surface area contributed by atoms with Gasteiger partial charge in [-0.25, -0.2) is 0 Å². The van der Waals surface area contributed by atoms with Crippen molar-refractivity contribution in [2.75, 3.05) is 7.11 Å². The first-order chi connectivity index (χ1) is 6.69. The van der Waals surface area contributed by atoms with Crippen LogP contribution in [0.5, 0.6) is 5.75 Å². The molecule has 14 heavy (non-hydrogen) atoms. The van der Waals surface area contributed by atoms with Gasteiger partial charge in [-0.15, -0.1) is 0 Å². The van der Waals surface area contributed by atoms with E-state index in [4.69, 9.17) is 4.74 Å². The zero-order chi connectivity index (χ0) is 10.6. The maximum absolute atomic E-state index is 9.70. The molecule has 0 aliphatic rings. The molecule has 0 aliphatic carbocycles. The molecule has 0 saturated carbocycles. The SMILES string of the molecule is CCC(O)C(C)c1cccc(OC)c1. The van der Waals surface area contributed by atoms with Gasteiger partial charge in [0, 0.05) is 5.92 Å². The first kappa shape index (κ1) is 11.1. The number of hydrogen-bond donors (Lipinski definition) is 1. The molecular formula is C12H18O2. The van der Waals surface area contributed by atoms with Gasteiger partial charge in [0.1, 0.15) is 5.75 Å². The second-order valence-electron chi connectivity index (χ2n) is 3.54. The van der Waals surface area contributed by atoms with Gasteiger partial charge in [-0.05, 0) is 24.1 Å². The molecule has 0 spiro atoms. The van der Waals surface area contributed by atoms with Crippen molar-refractivity contribution in [2.45, 2.75) is 32.3 Å². The number of methoxy groups -OCH3 is 1. The third kappa shape index (κ3) is 2.48. The van der Waals surface area contributed by atoms with Crippen molar-refractivity contribution in [1.29, 1.82) is 0 Å². The van der Waals surface area contributed by atoms with Gasteiger partial charge in [0.25, 0.3) is 0 Å². The molecular weight excluding hydrogens is 176 g/mol. The highest BCUT2D eigenvalue weighted by atomic mass is 16.5. The number of rotatable bonds is 4. The fourth-order valence-corrected chi connectivity index (χ4v) is 1.50. The Morgan fingerprint density at radius 2 is 2.14 bits per heavy atom. The number of aliphatic hydroxyl groups excluding tert-OH is 1. The summed E-state index contributed by atoms with van der Waals surface area (Å²) in [5, 5.41) is 9.70. The molecule has 0 aliphatic heterocycles. The van der Waals surface area contributed by atoms with Gasteiger partial charge in [0.05, 0.1) is 13.2 Å². The lowest BCUT2D eigenvalue weighted by atomic mass is 9.94. The van der Waals surface area contributed by atoms with E-state index in [9.17, 15) is 5.11 Å². The summed E-state index contributed by atoms with van der Waals surface area (Å²) in [5.41, 5.74) is 1.12. The van der Waals surface area contributed by atoms with Crippen molar-refractivity contribution in [2.24, 2.45) is 0 Å². The summed E-state index contributed by atoms with van der Waals surface area (Å²) in [7, 11) is 1.65. The molecule has 2 unspecified atom stereocenters. The average molecular weight is 194 g/mol. The van der Waals surface area contributed by atoms with Crippen LogP contribution in [0.1, 0.15) is 31.7 Å². The van der Waals surface area contributed by atoms with Crippen molar-refractivity contribution in [3.8, 4) is 5.75 Å². The van der Waals surface area contributed by atoms with Gasteiger partial charge >= 0.3 is 0 Å². The first-order valence-electron chi connectivity index (χ1n) is 5.01. The molecule has 1 aromatic rings. The van der Waals surface area contributed by atoms with Crippen LogP contribution in [0.4, 0.5) is 0 Å². The van der Waals surface area contributed by atoms with Crippen LogP contribution >= 0.6 is 0 Å². The van der Waals surface area contributed by atoms with Crippen LogP contribution in [0.3, 0.4) is 0 Å². The largest absolute Gasteiger partial charge is 0.497 e. The van der Waals surface area contributed by atoms with Crippen LogP contribution in [-0.2, 0) is 0 Å². The Kier molecular flexibility index (Phi) is 3.96. The Balaban J connectivity index is 2.83. The van der Waals surface area contributed by atoms with E-state index in [-0.39, 0.29) is 12.0 Å². The summed E-state index contributed by atoms with van der Waals surface area (Å²) >= 11 is 0. The molecule has 0 radical (unpaired) electrons. The average Bonchev–Trinajstić information content (AvgIpc) is 2.27. The maximum Gasteiger partial charge on any atom is 0.119 e. The summed E-state index contributed by atoms with van der Waals surface area (Å²) in [6, 6.07) is 7.86. The van der Waals surface area contributed by atoms with Gasteiger partial charge in [-0.2, -0.15) is 0 Å². The molecule has 1 aromatic carbocycles. The van der Waals surface area contributed by atoms with Crippen LogP contribution in [-0.4, -0.2) is 18.3 Å². The number of ether oxygens (including phenoxy) is 1. The Hall–Kier alpha value is -1.02. The zero-order valence-corrected chi connectivity index (χ0v) is 9.03. The minimum Gasteiger partial charge on any atom is -0.497 e. The Morgan fingerprint density at radius 1 is 1.43 bits per heavy atom. The monoisotopic (exact) mass is 194 g/mol. The van der Waals surface area contributed by atoms with Gasteiger partial charge in [-0.1, -0.05) is 26.0 Å². The molecule has 2 heteroatoms. The lowest BCUT2D eigenvalue weighted by Crippen LogP contribution is -2.14. The fraction of sp³-hybridized carbons (Fsp3) is 0.500. The van der Waals surface area contributed by atoms with E-state index in [1.807, 2.05) is 38.1 Å². The molecule has 0 aromatic heterocycles. The molecule has 0 bridgehead atoms. The Morgan fingerprint density at radius 3 is 2.71 bits per heavy atom. The topological polar surface area (TPSA) is 29.5 Å². The van der Waals surface area contributed by atoms with Crippen LogP contribution in [0.25, 0.3) is 0 Å². The van der Waals surface area contributed by atoms with E-state index >= 15 is 0 Å². The summed E-state index contributed by atoms with van der Waals surface area (Å²) in [6.07, 6.45) is 0.500. The molecule has 78 valence electrons. The number of benzene rings is 1. The van der Waals surface area contributed by atoms with Crippen LogP contribution < -0.4 is 4.74 Å². The zero-order valence-electron chi connectivity index (χ0n) is 9.03. The second kappa shape index (κ2) is 5.01. The summed E-state index contributed by atoms with van der Waals surface area (Å²) < 4.78 is 5.14. The molecule has 0 fully saturated rings. The minimum atomic E-state index is -0.276. The van der Waals surface area contributed by atoms with E-state index in [0.29, 0.717) is 0 Å². The summed E-state index contributed by atoms with van der Waals surface area (Å²) in [5.74, 6) is 1.01. The Labute approximate surface area is 85.5 Å². The van der Waals surface area contributed by atoms with E-state index in [1.54, 1.807) is 7.11 Å². The number of hydrogen-bond acceptors (Lipinski definition) is 2. The third-order valence-corrected chi connectivity index (χ3v) is 2.62. The summed E-state index contributed by atoms with van der Waals surface area (Å²) in [6.45, 7) is 4.02. The molecule has 1 N–H and O–H groups in total. The maximum atomic E-state index is 9.70. The van der Waals surface area contributed by atoms with Crippen LogP contribution in [0, 0.1) is 0 Å². The van der Waals surface area contributed by atoms with Gasteiger partial charge in [0.15, 0.2) is 0 Å². The molecule has 0 heterocycles. The van der Waals surface area contributed by atoms with E-state index < -0.39 is 0 Å². The minimum absolute atomic E-state index is 0.162. The van der Waals surface area contributed by atoms with Crippen molar-refractivity contribution in [3.63, 3.8) is 0 Å². The number of aliphatic hydroxyl groups is 1. The predicted molar refractivity (Wildman–Crippen MR) is 57.7 cm³/mol. The first-order valence-corrected chi connectivity index (χ1v) is 5.01. The van der Waals surface area contributed by atoms with Crippen molar-refractivity contribution in [1.82, 2.24) is 0 Å². The predicted octanol–water partition coefficient (Wildman–Crippen LogP) is 2.57. The van der Waals surface area contributed by atoms with E-state index in [0.717, 1.165) is 17.7 Å². The standard InChI is InChI=1S/C12H18O2/c1-4-12(13)9(2)10-6-5-7-11(8-10)14-3/h5-9,12-13H,4H2,1-3H3. The lowest BCUT2D eigenvalue weighted by Gasteiger charge is -2.18. The van der Waals surface area contributed by atoms with Crippen molar-refractivity contribution >= 4 is 0 Å². The van der Waals surface area contributed by atoms with Gasteiger partial charge in [0.2, 0.25) is 0 Å². The molecule has 2 nitrogen and oxygen atoms in total. The van der Waals surface area contributed by atoms with E-state index in [1.165, 1.54) is 0 Å². The van der Waals surface area contributed by atoms with Crippen LogP contribution in [0.2, 0.25) is 0 Å². The highest BCUT2D eigenvalue weighted by Crippen LogP contribution is 2.24. The summed E-state index contributed by atoms with van der Waals surface area (Å²) in [4.78, 5) is 0. The smallest absolute Gasteiger partial charge is 0.119 e. The molecule has 0 saturated heterocycles. The van der Waals surface area contributed by atoms with Crippen molar-refractivity contribution in [3.05, 3.63) is 29.8 Å². The highest BCUT2D eigenvalue weighted by molar-refractivity contribution is 5.30. The fourth-order valence-electron chi connectivity index (χ4n) is 1.50. The second-order valence-corrected chi connectivity index (χ2v) is 3.54. The molecule has 2 atom stereocenters. The van der Waals surface area contributed by atoms with Crippen LogP contribution in [0.15, 0.2) is 24.3 Å².